The summed E-state index contributed by atoms with van der Waals surface area (Å²) in [5.74, 6) is 1.28. The lowest BCUT2D eigenvalue weighted by molar-refractivity contribution is -0.134. The molecular formula is C41H43ClN8O5. The van der Waals surface area contributed by atoms with Crippen molar-refractivity contribution >= 4 is 29.5 Å². The van der Waals surface area contributed by atoms with Crippen molar-refractivity contribution in [3.05, 3.63) is 112 Å². The summed E-state index contributed by atoms with van der Waals surface area (Å²) >= 11 is 6.45. The molecule has 3 amide bonds. The van der Waals surface area contributed by atoms with Gasteiger partial charge in [-0.05, 0) is 66.8 Å². The Kier molecular flexibility index (Phi) is 11.7. The highest BCUT2D eigenvalue weighted by Crippen LogP contribution is 2.36. The molecule has 2 fully saturated rings. The molecule has 2 aliphatic heterocycles. The Labute approximate surface area is 323 Å². The van der Waals surface area contributed by atoms with E-state index in [0.717, 1.165) is 65.1 Å². The zero-order valence-corrected chi connectivity index (χ0v) is 31.3. The van der Waals surface area contributed by atoms with Gasteiger partial charge in [-0.25, -0.2) is 14.8 Å². The Hall–Kier alpha value is -5.82. The normalized spacial score (nSPS) is 17.3. The Morgan fingerprint density at radius 2 is 1.36 bits per heavy atom. The van der Waals surface area contributed by atoms with Gasteiger partial charge in [0.05, 0.1) is 49.5 Å². The summed E-state index contributed by atoms with van der Waals surface area (Å²) < 4.78 is 4.81. The molecule has 13 nitrogen and oxygen atoms in total. The molecule has 0 bridgehead atoms. The number of methoxy groups -OCH3 is 1. The van der Waals surface area contributed by atoms with Crippen LogP contribution >= 0.6 is 11.6 Å². The van der Waals surface area contributed by atoms with Crippen molar-refractivity contribution in [1.82, 2.24) is 35.1 Å². The summed E-state index contributed by atoms with van der Waals surface area (Å²) in [7, 11) is 1.26. The quantitative estimate of drug-likeness (QED) is 0.0804. The standard InChI is InChI=1S/C41H43ClN8O5/c1-55-41(53)48-37(30-8-2-3-9-31(30)42)40(52)50-23-7-11-35(50)39-44-25-33(47-39)29-19-15-27(16-20-29)26-13-17-28(18-14-26)32-24-43-38(46-32)34-10-6-22-49(34)36(51)12-4-5-21-45-54/h2-3,8-9,13-20,24-25,34-35,37H,4-7,10-12,21-23H2,1H3,(H,43,46)(H,44,47)(H,48,53)/t34-,35-,37+/m0/s1. The largest absolute Gasteiger partial charge is 0.453 e. The number of carbonyl (C=O) groups excluding carboxylic acids is 3. The summed E-state index contributed by atoms with van der Waals surface area (Å²) in [6, 6.07) is 22.1. The third-order valence-electron chi connectivity index (χ3n) is 10.5. The third kappa shape index (κ3) is 8.31. The van der Waals surface area contributed by atoms with E-state index in [1.165, 1.54) is 7.11 Å². The zero-order valence-electron chi connectivity index (χ0n) is 30.5. The average molecular weight is 763 g/mol. The maximum atomic E-state index is 13.9. The van der Waals surface area contributed by atoms with Gasteiger partial charge in [0.15, 0.2) is 0 Å². The number of alkyl carbamates (subject to hydrolysis) is 1. The summed E-state index contributed by atoms with van der Waals surface area (Å²) in [5.41, 5.74) is 6.30. The van der Waals surface area contributed by atoms with Crippen LogP contribution in [0.2, 0.25) is 5.02 Å². The number of unbranched alkanes of at least 4 members (excludes halogenated alkanes) is 1. The van der Waals surface area contributed by atoms with E-state index < -0.39 is 12.1 Å². The topological polar surface area (TPSA) is 166 Å². The number of nitrogens with one attached hydrogen (secondary N) is 3. The molecule has 3 atom stereocenters. The number of nitroso groups, excluding NO2 is 1. The van der Waals surface area contributed by atoms with Crippen LogP contribution in [0.25, 0.3) is 33.6 Å². The SMILES string of the molecule is COC(=O)N[C@@H](C(=O)N1CCC[C@H]1c1ncc(-c2ccc(-c3ccc(-c4cnc([C@@H]5CCCN5C(=O)CCCCN=O)[nH]4)cc3)cc2)[nH]1)c1ccccc1Cl. The van der Waals surface area contributed by atoms with Crippen LogP contribution < -0.4 is 5.32 Å². The number of amides is 3. The number of halogens is 1. The van der Waals surface area contributed by atoms with Gasteiger partial charge in [0, 0.05) is 30.1 Å². The first kappa shape index (κ1) is 37.5. The van der Waals surface area contributed by atoms with Crippen LogP contribution in [0, 0.1) is 4.91 Å². The Balaban J connectivity index is 1.00. The van der Waals surface area contributed by atoms with E-state index >= 15 is 0 Å². The first-order valence-corrected chi connectivity index (χ1v) is 19.0. The number of hydrogen-bond acceptors (Lipinski definition) is 8. The molecule has 284 valence electrons. The average Bonchev–Trinajstić information content (AvgIpc) is 4.06. The Bertz CT molecular complexity index is 2130. The number of imidazole rings is 2. The summed E-state index contributed by atoms with van der Waals surface area (Å²) in [6.07, 6.45) is 7.90. The monoisotopic (exact) mass is 762 g/mol. The van der Waals surface area contributed by atoms with E-state index in [-0.39, 0.29) is 30.4 Å². The van der Waals surface area contributed by atoms with E-state index in [9.17, 15) is 19.3 Å². The molecule has 2 aliphatic rings. The molecule has 3 N–H and O–H groups in total. The van der Waals surface area contributed by atoms with Crippen LogP contribution in [0.3, 0.4) is 0 Å². The van der Waals surface area contributed by atoms with Gasteiger partial charge in [-0.15, -0.1) is 0 Å². The smallest absolute Gasteiger partial charge is 0.407 e. The fraction of sp³-hybridized carbons (Fsp3) is 0.341. The zero-order chi connectivity index (χ0) is 38.3. The van der Waals surface area contributed by atoms with Crippen molar-refractivity contribution in [3.63, 3.8) is 0 Å². The molecule has 0 saturated carbocycles. The van der Waals surface area contributed by atoms with Crippen LogP contribution in [-0.4, -0.2) is 74.4 Å². The Morgan fingerprint density at radius 1 is 0.818 bits per heavy atom. The summed E-state index contributed by atoms with van der Waals surface area (Å²) in [5, 5.41) is 5.92. The highest BCUT2D eigenvalue weighted by molar-refractivity contribution is 6.31. The molecule has 5 aromatic rings. The first-order valence-electron chi connectivity index (χ1n) is 18.6. The lowest BCUT2D eigenvalue weighted by Gasteiger charge is -2.28. The van der Waals surface area contributed by atoms with Crippen LogP contribution in [-0.2, 0) is 14.3 Å². The first-order chi connectivity index (χ1) is 26.8. The van der Waals surface area contributed by atoms with Crippen molar-refractivity contribution in [2.45, 2.75) is 63.1 Å². The van der Waals surface area contributed by atoms with Gasteiger partial charge in [0.2, 0.25) is 5.91 Å². The number of ether oxygens (including phenoxy) is 1. The Morgan fingerprint density at radius 3 is 1.93 bits per heavy atom. The highest BCUT2D eigenvalue weighted by Gasteiger charge is 2.38. The van der Waals surface area contributed by atoms with Crippen LogP contribution in [0.5, 0.6) is 0 Å². The molecule has 14 heteroatoms. The van der Waals surface area contributed by atoms with Crippen molar-refractivity contribution in [3.8, 4) is 33.6 Å². The minimum atomic E-state index is -1.01. The van der Waals surface area contributed by atoms with Gasteiger partial charge in [-0.3, -0.25) is 9.59 Å². The van der Waals surface area contributed by atoms with Gasteiger partial charge < -0.3 is 29.8 Å². The minimum Gasteiger partial charge on any atom is -0.453 e. The van der Waals surface area contributed by atoms with Gasteiger partial charge in [0.25, 0.3) is 5.91 Å². The third-order valence-corrected chi connectivity index (χ3v) is 10.8. The number of hydrogen-bond donors (Lipinski definition) is 3. The predicted molar refractivity (Wildman–Crippen MR) is 209 cm³/mol. The fourth-order valence-electron chi connectivity index (χ4n) is 7.57. The molecule has 0 aliphatic carbocycles. The van der Waals surface area contributed by atoms with Gasteiger partial charge in [-0.1, -0.05) is 83.5 Å². The molecule has 2 saturated heterocycles. The number of carbonyl (C=O) groups is 3. The van der Waals surface area contributed by atoms with Gasteiger partial charge in [-0.2, -0.15) is 4.91 Å². The molecule has 2 aromatic heterocycles. The number of benzene rings is 3. The van der Waals surface area contributed by atoms with E-state index in [2.05, 4.69) is 66.8 Å². The molecular weight excluding hydrogens is 720 g/mol. The summed E-state index contributed by atoms with van der Waals surface area (Å²) in [6.45, 7) is 1.47. The second-order valence-electron chi connectivity index (χ2n) is 13.9. The maximum Gasteiger partial charge on any atom is 0.407 e. The minimum absolute atomic E-state index is 0.0734. The molecule has 0 radical (unpaired) electrons. The maximum absolute atomic E-state index is 13.9. The number of aromatic amines is 2. The fourth-order valence-corrected chi connectivity index (χ4v) is 7.82. The second kappa shape index (κ2) is 17.1. The molecule has 4 heterocycles. The molecule has 0 unspecified atom stereocenters. The lowest BCUT2D eigenvalue weighted by atomic mass is 10.0. The van der Waals surface area contributed by atoms with Gasteiger partial charge in [0.1, 0.15) is 17.7 Å². The molecule has 7 rings (SSSR count). The molecule has 55 heavy (non-hydrogen) atoms. The van der Waals surface area contributed by atoms with Crippen molar-refractivity contribution in [2.75, 3.05) is 26.7 Å². The highest BCUT2D eigenvalue weighted by atomic mass is 35.5. The van der Waals surface area contributed by atoms with E-state index in [4.69, 9.17) is 16.3 Å². The van der Waals surface area contributed by atoms with Crippen molar-refractivity contribution in [2.24, 2.45) is 5.18 Å². The van der Waals surface area contributed by atoms with Crippen LogP contribution in [0.1, 0.15) is 80.3 Å². The predicted octanol–water partition coefficient (Wildman–Crippen LogP) is 8.15. The number of likely N-dealkylation sites (tertiary alicyclic amines) is 2. The van der Waals surface area contributed by atoms with E-state index in [1.807, 2.05) is 23.2 Å². The van der Waals surface area contributed by atoms with Crippen molar-refractivity contribution in [1.29, 1.82) is 0 Å². The van der Waals surface area contributed by atoms with Crippen molar-refractivity contribution < 1.29 is 19.1 Å². The summed E-state index contributed by atoms with van der Waals surface area (Å²) in [4.78, 5) is 69.3. The van der Waals surface area contributed by atoms with E-state index in [1.54, 1.807) is 35.4 Å². The second-order valence-corrected chi connectivity index (χ2v) is 14.3. The number of H-pyrrole nitrogens is 2. The molecule has 3 aromatic carbocycles. The number of nitrogens with zero attached hydrogens (tertiary/aromatic N) is 5. The van der Waals surface area contributed by atoms with Crippen LogP contribution in [0.15, 0.2) is 90.4 Å². The van der Waals surface area contributed by atoms with Crippen LogP contribution in [0.4, 0.5) is 4.79 Å². The lowest BCUT2D eigenvalue weighted by Crippen LogP contribution is -2.43. The molecule has 0 spiro atoms. The van der Waals surface area contributed by atoms with Gasteiger partial charge >= 0.3 is 6.09 Å². The number of aromatic nitrogens is 4. The number of rotatable bonds is 13. The van der Waals surface area contributed by atoms with E-state index in [0.29, 0.717) is 48.8 Å².